The summed E-state index contributed by atoms with van der Waals surface area (Å²) in [6.07, 6.45) is 3.15. The van der Waals surface area contributed by atoms with Crippen LogP contribution < -0.4 is 5.32 Å². The highest BCUT2D eigenvalue weighted by Crippen LogP contribution is 2.54. The van der Waals surface area contributed by atoms with E-state index in [2.05, 4.69) is 27.1 Å². The molecule has 2 aromatic heterocycles. The van der Waals surface area contributed by atoms with Crippen molar-refractivity contribution in [2.24, 2.45) is 23.7 Å². The van der Waals surface area contributed by atoms with E-state index in [0.29, 0.717) is 52.2 Å². The van der Waals surface area contributed by atoms with E-state index >= 15 is 4.39 Å². The molecule has 0 radical (unpaired) electrons. The summed E-state index contributed by atoms with van der Waals surface area (Å²) < 4.78 is 20.4. The first kappa shape index (κ1) is 38.0. The molecule has 15 heteroatoms. The van der Waals surface area contributed by atoms with Gasteiger partial charge in [0.25, 0.3) is 0 Å². The summed E-state index contributed by atoms with van der Waals surface area (Å²) in [7, 11) is 2.70. The number of carbonyl (C=O) groups excluding carboxylic acids is 3. The van der Waals surface area contributed by atoms with Gasteiger partial charge in [0.1, 0.15) is 29.5 Å². The summed E-state index contributed by atoms with van der Waals surface area (Å²) in [5.41, 5.74) is 3.36. The van der Waals surface area contributed by atoms with E-state index in [-0.39, 0.29) is 53.4 Å². The first-order valence-corrected chi connectivity index (χ1v) is 19.6. The van der Waals surface area contributed by atoms with Crippen molar-refractivity contribution in [3.05, 3.63) is 71.2 Å². The van der Waals surface area contributed by atoms with Crippen molar-refractivity contribution in [3.63, 3.8) is 0 Å². The van der Waals surface area contributed by atoms with Crippen molar-refractivity contribution in [1.29, 1.82) is 0 Å². The van der Waals surface area contributed by atoms with Gasteiger partial charge in [-0.2, -0.15) is 0 Å². The summed E-state index contributed by atoms with van der Waals surface area (Å²) in [5, 5.41) is 12.3. The number of likely N-dealkylation sites (tertiary alicyclic amines) is 2. The van der Waals surface area contributed by atoms with E-state index < -0.39 is 30.1 Å². The fourth-order valence-electron chi connectivity index (χ4n) is 8.92. The minimum atomic E-state index is -1.16. The molecule has 14 nitrogen and oxygen atoms in total. The number of nitrogens with zero attached hydrogens (tertiary/aromatic N) is 5. The van der Waals surface area contributed by atoms with Gasteiger partial charge in [0.15, 0.2) is 0 Å². The summed E-state index contributed by atoms with van der Waals surface area (Å²) in [5.74, 6) is 6.91. The fraction of sp³-hybridized carbons (Fsp3) is 0.476. The van der Waals surface area contributed by atoms with Crippen LogP contribution in [0.15, 0.2) is 42.6 Å². The smallest absolute Gasteiger partial charge is 0.407 e. The number of halogens is 1. The Morgan fingerprint density at radius 1 is 0.895 bits per heavy atom. The van der Waals surface area contributed by atoms with Crippen molar-refractivity contribution in [2.45, 2.75) is 89.6 Å². The Bertz CT molecular complexity index is 2330. The van der Waals surface area contributed by atoms with Crippen molar-refractivity contribution >= 4 is 35.0 Å². The number of likely N-dealkylation sites (N-methyl/N-ethyl adjacent to an activating group) is 1. The number of hydrogen-bond donors (Lipinski definition) is 4. The Morgan fingerprint density at radius 3 is 2.14 bits per heavy atom. The van der Waals surface area contributed by atoms with Gasteiger partial charge in [0.05, 0.1) is 35.9 Å². The van der Waals surface area contributed by atoms with Crippen molar-refractivity contribution < 1.29 is 33.4 Å². The zero-order valence-corrected chi connectivity index (χ0v) is 32.7. The standard InChI is InChI=1S/C42H47FN8O6/c1-20(2)35(48-41(54)57-6)39(52)50-31-15-25(31)18-34(50)38-45-28-12-10-23(14-29(28)46-38)8-7-22-9-11-26(27(43)13-22)30-19-44-37(47-30)33-17-24-16-32(24)51(33)40(53)36(21(3)4)49(5)42(55)56/h9-14,19-21,24-25,31-36H,15-18H2,1-6H3,(H,44,47)(H,45,46)(H,48,54)(H,55,56)/t24-,25-,31-,32-,33+,34+,35+,36+/m1/s1. The zero-order chi connectivity index (χ0) is 40.4. The number of imidazole rings is 2. The first-order chi connectivity index (χ1) is 27.2. The predicted octanol–water partition coefficient (Wildman–Crippen LogP) is 5.83. The number of hydrogen-bond acceptors (Lipinski definition) is 7. The number of rotatable bonds is 9. The van der Waals surface area contributed by atoms with Crippen molar-refractivity contribution in [1.82, 2.24) is 40.0 Å². The van der Waals surface area contributed by atoms with E-state index in [0.717, 1.165) is 29.7 Å². The normalized spacial score (nSPS) is 24.1. The second kappa shape index (κ2) is 14.5. The number of H-pyrrole nitrogens is 2. The molecule has 4 amide bonds. The van der Waals surface area contributed by atoms with Gasteiger partial charge in [-0.3, -0.25) is 14.5 Å². The SMILES string of the molecule is COC(=O)N[C@H](C(=O)N1[C@@H]2C[C@@H]2C[C@H]1c1nc2cc(C#Cc3ccc(-c4c[nH]c([C@@H]5C[C@H]6C[C@H]6N5C(=O)[C@H](C(C)C)N(C)C(=O)O)n4)c(F)c3)ccc2[nH]1)C(C)C. The molecule has 2 saturated heterocycles. The topological polar surface area (TPSA) is 177 Å². The van der Waals surface area contributed by atoms with Crippen molar-refractivity contribution in [2.75, 3.05) is 14.2 Å². The number of benzene rings is 2. The number of carbonyl (C=O) groups is 4. The van der Waals surface area contributed by atoms with Crippen LogP contribution >= 0.6 is 0 Å². The maximum atomic E-state index is 15.6. The molecule has 0 unspecified atom stereocenters. The van der Waals surface area contributed by atoms with Crippen LogP contribution in [-0.4, -0.2) is 102 Å². The van der Waals surface area contributed by atoms with Crippen LogP contribution in [0, 0.1) is 41.3 Å². The van der Waals surface area contributed by atoms with Crippen LogP contribution in [-0.2, 0) is 14.3 Å². The van der Waals surface area contributed by atoms with Crippen LogP contribution in [0.1, 0.15) is 88.2 Å². The van der Waals surface area contributed by atoms with Crippen LogP contribution in [0.5, 0.6) is 0 Å². The molecular formula is C42H47FN8O6. The lowest BCUT2D eigenvalue weighted by Gasteiger charge is -2.35. The average molecular weight is 779 g/mol. The Labute approximate surface area is 329 Å². The third-order valence-corrected chi connectivity index (χ3v) is 12.0. The number of methoxy groups -OCH3 is 1. The Balaban J connectivity index is 0.969. The molecule has 8 atom stereocenters. The highest BCUT2D eigenvalue weighted by Gasteiger charge is 2.57. The minimum absolute atomic E-state index is 0.0459. The molecule has 4 aliphatic rings. The fourth-order valence-corrected chi connectivity index (χ4v) is 8.92. The second-order valence-electron chi connectivity index (χ2n) is 16.5. The lowest BCUT2D eigenvalue weighted by atomic mass is 10.0. The monoisotopic (exact) mass is 778 g/mol. The van der Waals surface area contributed by atoms with Crippen LogP contribution in [0.25, 0.3) is 22.3 Å². The van der Waals surface area contributed by atoms with E-state index in [1.807, 2.05) is 50.8 Å². The van der Waals surface area contributed by atoms with E-state index in [4.69, 9.17) is 14.7 Å². The van der Waals surface area contributed by atoms with Gasteiger partial charge in [0.2, 0.25) is 11.8 Å². The Kier molecular flexibility index (Phi) is 9.70. The molecule has 2 aromatic carbocycles. The molecule has 0 spiro atoms. The van der Waals surface area contributed by atoms with Crippen LogP contribution in [0.4, 0.5) is 14.0 Å². The molecule has 4 aromatic rings. The summed E-state index contributed by atoms with van der Waals surface area (Å²) in [6.45, 7) is 7.46. The maximum absolute atomic E-state index is 15.6. The highest BCUT2D eigenvalue weighted by atomic mass is 19.1. The molecule has 2 saturated carbocycles. The molecule has 8 rings (SSSR count). The van der Waals surface area contributed by atoms with Gasteiger partial charge < -0.3 is 34.9 Å². The van der Waals surface area contributed by atoms with Gasteiger partial charge >= 0.3 is 12.2 Å². The number of piperidine rings is 2. The van der Waals surface area contributed by atoms with Gasteiger partial charge in [-0.25, -0.2) is 23.9 Å². The molecular weight excluding hydrogens is 732 g/mol. The summed E-state index contributed by atoms with van der Waals surface area (Å²) >= 11 is 0. The van der Waals surface area contributed by atoms with Crippen LogP contribution in [0.3, 0.4) is 0 Å². The molecule has 57 heavy (non-hydrogen) atoms. The molecule has 2 aliphatic carbocycles. The molecule has 4 fully saturated rings. The Morgan fingerprint density at radius 2 is 1.53 bits per heavy atom. The largest absolute Gasteiger partial charge is 0.465 e. The molecule has 0 bridgehead atoms. The third-order valence-electron chi connectivity index (χ3n) is 12.0. The average Bonchev–Trinajstić information content (AvgIpc) is 3.80. The minimum Gasteiger partial charge on any atom is -0.465 e. The Hall–Kier alpha value is -5.91. The number of carboxylic acid groups (broad SMARTS) is 1. The second-order valence-corrected chi connectivity index (χ2v) is 16.5. The highest BCUT2D eigenvalue weighted by molar-refractivity contribution is 5.88. The maximum Gasteiger partial charge on any atom is 0.407 e. The first-order valence-electron chi connectivity index (χ1n) is 19.6. The number of amides is 4. The summed E-state index contributed by atoms with van der Waals surface area (Å²) in [6, 6.07) is 8.38. The van der Waals surface area contributed by atoms with Gasteiger partial charge in [-0.1, -0.05) is 39.5 Å². The lowest BCUT2D eigenvalue weighted by Crippen LogP contribution is -2.52. The van der Waals surface area contributed by atoms with E-state index in [1.54, 1.807) is 23.2 Å². The van der Waals surface area contributed by atoms with Gasteiger partial charge in [0, 0.05) is 42.0 Å². The quantitative estimate of drug-likeness (QED) is 0.154. The van der Waals surface area contributed by atoms with Crippen LogP contribution in [0.2, 0.25) is 0 Å². The van der Waals surface area contributed by atoms with Gasteiger partial charge in [-0.05, 0) is 85.8 Å². The third kappa shape index (κ3) is 7.06. The number of ether oxygens (including phenoxy) is 1. The molecule has 4 N–H and O–H groups in total. The summed E-state index contributed by atoms with van der Waals surface area (Å²) in [4.78, 5) is 72.3. The lowest BCUT2D eigenvalue weighted by molar-refractivity contribution is -0.140. The number of alkyl carbamates (subject to hydrolysis) is 1. The number of nitrogens with one attached hydrogen (secondary N) is 3. The van der Waals surface area contributed by atoms with Gasteiger partial charge in [-0.15, -0.1) is 0 Å². The zero-order valence-electron chi connectivity index (χ0n) is 32.7. The number of fused-ring (bicyclic) bond motifs is 3. The van der Waals surface area contributed by atoms with E-state index in [1.165, 1.54) is 20.2 Å². The molecule has 4 heterocycles. The van der Waals surface area contributed by atoms with Crippen molar-refractivity contribution in [3.8, 4) is 23.1 Å². The molecule has 2 aliphatic heterocycles. The number of aromatic nitrogens is 4. The number of aromatic amines is 2. The predicted molar refractivity (Wildman–Crippen MR) is 207 cm³/mol. The molecule has 298 valence electrons. The van der Waals surface area contributed by atoms with E-state index in [9.17, 15) is 24.3 Å².